The SMILES string of the molecule is Cc1cn([C@@H]2[Se][C@H](CO)C(O)C2N=[N+]=[N-])c(=O)n(C(=O)c2ccccc2)c1=O. The number of aromatic nitrogens is 2. The first kappa shape index (κ1) is 20.1. The summed E-state index contributed by atoms with van der Waals surface area (Å²) < 4.78 is 1.71. The molecule has 2 N–H and O–H groups in total. The molecule has 0 saturated carbocycles. The number of carbonyl (C=O) groups is 1. The summed E-state index contributed by atoms with van der Waals surface area (Å²) in [5.41, 5.74) is 7.54. The molecule has 2 aromatic rings. The van der Waals surface area contributed by atoms with Gasteiger partial charge in [0.05, 0.1) is 0 Å². The summed E-state index contributed by atoms with van der Waals surface area (Å²) in [4.78, 5) is 39.8. The first-order chi connectivity index (χ1) is 13.4. The Labute approximate surface area is 164 Å². The van der Waals surface area contributed by atoms with Crippen LogP contribution in [-0.2, 0) is 0 Å². The molecular weight excluding hydrogens is 433 g/mol. The van der Waals surface area contributed by atoms with Gasteiger partial charge < -0.3 is 0 Å². The molecule has 1 aliphatic heterocycles. The first-order valence-electron chi connectivity index (χ1n) is 8.33. The van der Waals surface area contributed by atoms with Crippen LogP contribution in [0.15, 0.2) is 51.2 Å². The van der Waals surface area contributed by atoms with Crippen molar-refractivity contribution in [3.63, 3.8) is 0 Å². The molecule has 1 aliphatic rings. The van der Waals surface area contributed by atoms with Crippen LogP contribution >= 0.6 is 0 Å². The van der Waals surface area contributed by atoms with Crippen LogP contribution in [0.3, 0.4) is 0 Å². The maximum absolute atomic E-state index is 13.0. The van der Waals surface area contributed by atoms with Crippen molar-refractivity contribution in [1.29, 1.82) is 0 Å². The molecule has 0 amide bonds. The van der Waals surface area contributed by atoms with E-state index in [2.05, 4.69) is 10.0 Å². The Morgan fingerprint density at radius 2 is 2.00 bits per heavy atom. The number of carbonyl (C=O) groups excluding carboxylic acids is 1. The van der Waals surface area contributed by atoms with Crippen LogP contribution in [-0.4, -0.2) is 59.0 Å². The molecule has 11 heteroatoms. The van der Waals surface area contributed by atoms with Gasteiger partial charge >= 0.3 is 164 Å². The quantitative estimate of drug-likeness (QED) is 0.292. The van der Waals surface area contributed by atoms with Gasteiger partial charge in [-0.25, -0.2) is 0 Å². The minimum absolute atomic E-state index is 0.154. The Kier molecular flexibility index (Phi) is 5.83. The predicted molar refractivity (Wildman–Crippen MR) is 100 cm³/mol. The van der Waals surface area contributed by atoms with E-state index >= 15 is 0 Å². The summed E-state index contributed by atoms with van der Waals surface area (Å²) in [5, 5.41) is 23.4. The third-order valence-electron chi connectivity index (χ3n) is 4.49. The van der Waals surface area contributed by atoms with E-state index in [9.17, 15) is 24.6 Å². The van der Waals surface area contributed by atoms with Crippen molar-refractivity contribution in [3.05, 3.63) is 78.9 Å². The maximum atomic E-state index is 13.0. The second-order valence-corrected chi connectivity index (χ2v) is 9.10. The van der Waals surface area contributed by atoms with Gasteiger partial charge in [0.1, 0.15) is 0 Å². The molecule has 4 atom stereocenters. The summed E-state index contributed by atoms with van der Waals surface area (Å²) in [6.45, 7) is 1.14. The number of aryl methyl sites for hydroxylation is 1. The van der Waals surface area contributed by atoms with E-state index in [1.165, 1.54) is 25.3 Å². The molecule has 0 spiro atoms. The van der Waals surface area contributed by atoms with E-state index in [0.717, 1.165) is 4.57 Å². The zero-order valence-corrected chi connectivity index (χ0v) is 16.5. The van der Waals surface area contributed by atoms with Gasteiger partial charge in [0.2, 0.25) is 0 Å². The Morgan fingerprint density at radius 3 is 2.61 bits per heavy atom. The van der Waals surface area contributed by atoms with Gasteiger partial charge in [-0.1, -0.05) is 0 Å². The van der Waals surface area contributed by atoms with Gasteiger partial charge in [0.15, 0.2) is 0 Å². The summed E-state index contributed by atoms with van der Waals surface area (Å²) in [7, 11) is 0. The van der Waals surface area contributed by atoms with E-state index in [0.29, 0.717) is 4.57 Å². The van der Waals surface area contributed by atoms with Gasteiger partial charge in [-0.2, -0.15) is 0 Å². The first-order valence-corrected chi connectivity index (χ1v) is 10.3. The number of hydrogen-bond acceptors (Lipinski definition) is 6. The number of nitrogens with zero attached hydrogens (tertiary/aromatic N) is 5. The van der Waals surface area contributed by atoms with Crippen LogP contribution in [0.1, 0.15) is 20.9 Å². The van der Waals surface area contributed by atoms with Crippen LogP contribution in [0, 0.1) is 6.92 Å². The van der Waals surface area contributed by atoms with Gasteiger partial charge in [-0.3, -0.25) is 0 Å². The average molecular weight is 450 g/mol. The molecule has 2 heterocycles. The van der Waals surface area contributed by atoms with Crippen molar-refractivity contribution in [2.24, 2.45) is 5.11 Å². The van der Waals surface area contributed by atoms with Crippen molar-refractivity contribution in [3.8, 4) is 0 Å². The van der Waals surface area contributed by atoms with E-state index in [-0.39, 0.29) is 17.7 Å². The zero-order valence-electron chi connectivity index (χ0n) is 14.7. The number of rotatable bonds is 4. The van der Waals surface area contributed by atoms with Gasteiger partial charge in [-0.05, 0) is 0 Å². The normalized spacial score (nSPS) is 24.0. The molecule has 0 aliphatic carbocycles. The summed E-state index contributed by atoms with van der Waals surface area (Å²) in [6, 6.07) is 6.94. The molecular formula is C17H17N5O5Se. The van der Waals surface area contributed by atoms with Crippen molar-refractivity contribution in [1.82, 2.24) is 9.13 Å². The van der Waals surface area contributed by atoms with Gasteiger partial charge in [0, 0.05) is 0 Å². The molecule has 2 unspecified atom stereocenters. The Hall–Kier alpha value is -2.68. The predicted octanol–water partition coefficient (Wildman–Crippen LogP) is 0.0439. The van der Waals surface area contributed by atoms with Crippen molar-refractivity contribution in [2.75, 3.05) is 6.61 Å². The van der Waals surface area contributed by atoms with E-state index in [1.807, 2.05) is 0 Å². The number of azide groups is 1. The molecule has 3 rings (SSSR count). The number of aliphatic hydroxyl groups is 2. The molecule has 146 valence electrons. The second kappa shape index (κ2) is 8.14. The molecule has 1 aromatic carbocycles. The van der Waals surface area contributed by atoms with Gasteiger partial charge in [-0.15, -0.1) is 0 Å². The topological polar surface area (TPSA) is 150 Å². The number of benzene rings is 1. The summed E-state index contributed by atoms with van der Waals surface area (Å²) in [6.07, 6.45) is 0.182. The van der Waals surface area contributed by atoms with Crippen molar-refractivity contribution < 1.29 is 15.0 Å². The fourth-order valence-electron chi connectivity index (χ4n) is 3.06. The van der Waals surface area contributed by atoms with Crippen LogP contribution in [0.2, 0.25) is 4.82 Å². The molecule has 1 fully saturated rings. The van der Waals surface area contributed by atoms with E-state index in [1.54, 1.807) is 18.2 Å². The standard InChI is InChI=1S/C17H17N5O5Se/c1-9-7-21(16-12(19-20-18)13(24)11(8-23)28-16)17(27)22(14(9)25)15(26)10-5-3-2-4-6-10/h2-7,11-13,16,23-24H,8H2,1H3/t11-,12?,13?,16-/m1/s1. The Balaban J connectivity index is 2.17. The average Bonchev–Trinajstić information content (AvgIpc) is 3.01. The minimum atomic E-state index is -1.12. The molecule has 1 aromatic heterocycles. The fourth-order valence-corrected chi connectivity index (χ4v) is 6.05. The molecule has 10 nitrogen and oxygen atoms in total. The fraction of sp³-hybridized carbons (Fsp3) is 0.353. The van der Waals surface area contributed by atoms with E-state index < -0.39 is 54.0 Å². The number of hydrogen-bond donors (Lipinski definition) is 2. The summed E-state index contributed by atoms with van der Waals surface area (Å²) in [5.74, 6) is -0.766. The molecule has 28 heavy (non-hydrogen) atoms. The van der Waals surface area contributed by atoms with Crippen LogP contribution in [0.25, 0.3) is 10.4 Å². The number of aliphatic hydroxyl groups excluding tert-OH is 2. The summed E-state index contributed by atoms with van der Waals surface area (Å²) >= 11 is -0.513. The Morgan fingerprint density at radius 1 is 1.32 bits per heavy atom. The van der Waals surface area contributed by atoms with Crippen LogP contribution < -0.4 is 11.2 Å². The third kappa shape index (κ3) is 3.42. The van der Waals surface area contributed by atoms with Crippen LogP contribution in [0.5, 0.6) is 0 Å². The molecule has 0 radical (unpaired) electrons. The zero-order chi connectivity index (χ0) is 20.4. The second-order valence-electron chi connectivity index (χ2n) is 6.25. The Bertz CT molecular complexity index is 1060. The van der Waals surface area contributed by atoms with E-state index in [4.69, 9.17) is 5.53 Å². The van der Waals surface area contributed by atoms with Crippen molar-refractivity contribution in [2.45, 2.75) is 28.8 Å². The van der Waals surface area contributed by atoms with Crippen LogP contribution in [0.4, 0.5) is 0 Å². The monoisotopic (exact) mass is 451 g/mol. The van der Waals surface area contributed by atoms with Gasteiger partial charge in [0.25, 0.3) is 0 Å². The van der Waals surface area contributed by atoms with Crippen molar-refractivity contribution >= 4 is 20.9 Å². The third-order valence-corrected chi connectivity index (χ3v) is 7.76. The molecule has 1 saturated heterocycles. The molecule has 0 bridgehead atoms.